The van der Waals surface area contributed by atoms with E-state index in [2.05, 4.69) is 17.6 Å². The van der Waals surface area contributed by atoms with Crippen LogP contribution in [-0.4, -0.2) is 38.1 Å². The minimum absolute atomic E-state index is 0.115. The van der Waals surface area contributed by atoms with E-state index in [4.69, 9.17) is 0 Å². The van der Waals surface area contributed by atoms with Gasteiger partial charge in [-0.2, -0.15) is 0 Å². The first-order chi connectivity index (χ1) is 8.59. The summed E-state index contributed by atoms with van der Waals surface area (Å²) in [7, 11) is 1.84. The van der Waals surface area contributed by atoms with Crippen LogP contribution >= 0.6 is 0 Å². The molecule has 1 amide bonds. The Bertz CT molecular complexity index is 425. The smallest absolute Gasteiger partial charge is 0.245 e. The summed E-state index contributed by atoms with van der Waals surface area (Å²) in [6, 6.07) is 8.24. The third-order valence-corrected chi connectivity index (χ3v) is 3.45. The lowest BCUT2D eigenvalue weighted by Gasteiger charge is -2.31. The molecule has 1 aromatic carbocycles. The van der Waals surface area contributed by atoms with Crippen LogP contribution in [0.2, 0.25) is 0 Å². The molecule has 1 aliphatic heterocycles. The molecule has 0 saturated carbocycles. The number of nitrogens with one attached hydrogen (secondary N) is 2. The Labute approximate surface area is 108 Å². The van der Waals surface area contributed by atoms with Gasteiger partial charge in [0, 0.05) is 31.9 Å². The monoisotopic (exact) mass is 247 g/mol. The maximum atomic E-state index is 12.4. The highest BCUT2D eigenvalue weighted by Crippen LogP contribution is 2.18. The van der Waals surface area contributed by atoms with Crippen LogP contribution in [0.4, 0.5) is 5.69 Å². The highest BCUT2D eigenvalue weighted by atomic mass is 16.2. The second-order valence-electron chi connectivity index (χ2n) is 4.95. The maximum absolute atomic E-state index is 12.4. The number of carbonyl (C=O) groups is 1. The summed E-state index contributed by atoms with van der Waals surface area (Å²) in [6.07, 6.45) is 0. The van der Waals surface area contributed by atoms with Crippen molar-refractivity contribution < 1.29 is 4.79 Å². The number of likely N-dealkylation sites (N-methyl/N-ethyl adjacent to an activating group) is 1. The molecule has 98 valence electrons. The highest BCUT2D eigenvalue weighted by molar-refractivity contribution is 5.97. The minimum atomic E-state index is -0.134. The van der Waals surface area contributed by atoms with Crippen molar-refractivity contribution in [2.45, 2.75) is 25.9 Å². The van der Waals surface area contributed by atoms with Crippen LogP contribution < -0.4 is 15.5 Å². The molecular weight excluding hydrogens is 226 g/mol. The molecule has 0 aromatic heterocycles. The fraction of sp³-hybridized carbons (Fsp3) is 0.500. The SMILES string of the molecule is Cc1ccccc1N(C)C(=O)C1CNC(C)CN1. The number of hydrogen-bond acceptors (Lipinski definition) is 3. The largest absolute Gasteiger partial charge is 0.314 e. The molecule has 0 aliphatic carbocycles. The summed E-state index contributed by atoms with van der Waals surface area (Å²) in [6.45, 7) is 5.65. The van der Waals surface area contributed by atoms with Gasteiger partial charge in [0.05, 0.1) is 6.04 Å². The van der Waals surface area contributed by atoms with E-state index in [1.165, 1.54) is 0 Å². The molecule has 1 heterocycles. The van der Waals surface area contributed by atoms with Crippen molar-refractivity contribution in [3.8, 4) is 0 Å². The van der Waals surface area contributed by atoms with Crippen LogP contribution in [0.5, 0.6) is 0 Å². The highest BCUT2D eigenvalue weighted by Gasteiger charge is 2.26. The topological polar surface area (TPSA) is 44.4 Å². The first-order valence-corrected chi connectivity index (χ1v) is 6.39. The van der Waals surface area contributed by atoms with Gasteiger partial charge in [-0.1, -0.05) is 18.2 Å². The van der Waals surface area contributed by atoms with Crippen LogP contribution in [0.15, 0.2) is 24.3 Å². The number of aryl methyl sites for hydroxylation is 1. The Kier molecular flexibility index (Phi) is 3.99. The zero-order valence-electron chi connectivity index (χ0n) is 11.2. The van der Waals surface area contributed by atoms with E-state index in [-0.39, 0.29) is 11.9 Å². The van der Waals surface area contributed by atoms with Gasteiger partial charge in [-0.05, 0) is 25.5 Å². The van der Waals surface area contributed by atoms with Crippen molar-refractivity contribution in [1.29, 1.82) is 0 Å². The predicted molar refractivity (Wildman–Crippen MR) is 73.8 cm³/mol. The molecule has 1 fully saturated rings. The van der Waals surface area contributed by atoms with E-state index in [1.807, 2.05) is 38.2 Å². The molecule has 1 saturated heterocycles. The van der Waals surface area contributed by atoms with E-state index < -0.39 is 0 Å². The van der Waals surface area contributed by atoms with Crippen LogP contribution in [-0.2, 0) is 4.79 Å². The number of amides is 1. The number of benzene rings is 1. The molecule has 2 N–H and O–H groups in total. The molecular formula is C14H21N3O. The molecule has 1 aromatic rings. The van der Waals surface area contributed by atoms with Crippen molar-refractivity contribution in [3.05, 3.63) is 29.8 Å². The Hall–Kier alpha value is -1.39. The van der Waals surface area contributed by atoms with Gasteiger partial charge in [0.15, 0.2) is 0 Å². The molecule has 4 heteroatoms. The van der Waals surface area contributed by atoms with Crippen LogP contribution in [0.3, 0.4) is 0 Å². The fourth-order valence-corrected chi connectivity index (χ4v) is 2.25. The third-order valence-electron chi connectivity index (χ3n) is 3.45. The average molecular weight is 247 g/mol. The van der Waals surface area contributed by atoms with E-state index in [0.29, 0.717) is 12.6 Å². The van der Waals surface area contributed by atoms with Gasteiger partial charge >= 0.3 is 0 Å². The first kappa shape index (κ1) is 13.1. The lowest BCUT2D eigenvalue weighted by atomic mass is 10.1. The number of nitrogens with zero attached hydrogens (tertiary/aromatic N) is 1. The molecule has 2 rings (SSSR count). The van der Waals surface area contributed by atoms with Gasteiger partial charge < -0.3 is 15.5 Å². The Balaban J connectivity index is 2.07. The molecule has 4 nitrogen and oxygen atoms in total. The van der Waals surface area contributed by atoms with Crippen molar-refractivity contribution in [3.63, 3.8) is 0 Å². The van der Waals surface area contributed by atoms with Gasteiger partial charge in [-0.3, -0.25) is 4.79 Å². The van der Waals surface area contributed by atoms with Crippen molar-refractivity contribution in [2.24, 2.45) is 0 Å². The van der Waals surface area contributed by atoms with Gasteiger partial charge in [0.25, 0.3) is 0 Å². The first-order valence-electron chi connectivity index (χ1n) is 6.39. The zero-order valence-corrected chi connectivity index (χ0v) is 11.2. The Morgan fingerprint density at radius 2 is 2.00 bits per heavy atom. The number of piperazine rings is 1. The van der Waals surface area contributed by atoms with Gasteiger partial charge in [-0.15, -0.1) is 0 Å². The maximum Gasteiger partial charge on any atom is 0.245 e. The number of rotatable bonds is 2. The summed E-state index contributed by atoms with van der Waals surface area (Å²) >= 11 is 0. The van der Waals surface area contributed by atoms with Crippen molar-refractivity contribution >= 4 is 11.6 Å². The van der Waals surface area contributed by atoms with E-state index in [0.717, 1.165) is 17.8 Å². The Morgan fingerprint density at radius 1 is 1.28 bits per heavy atom. The minimum Gasteiger partial charge on any atom is -0.314 e. The van der Waals surface area contributed by atoms with E-state index in [1.54, 1.807) is 4.90 Å². The number of hydrogen-bond donors (Lipinski definition) is 2. The summed E-state index contributed by atoms with van der Waals surface area (Å²) in [5, 5.41) is 6.61. The molecule has 2 unspecified atom stereocenters. The van der Waals surface area contributed by atoms with Crippen molar-refractivity contribution in [1.82, 2.24) is 10.6 Å². The quantitative estimate of drug-likeness (QED) is 0.816. The van der Waals surface area contributed by atoms with Crippen LogP contribution in [0, 0.1) is 6.92 Å². The second kappa shape index (κ2) is 5.50. The predicted octanol–water partition coefficient (Wildman–Crippen LogP) is 0.908. The summed E-state index contributed by atoms with van der Waals surface area (Å²) in [5.74, 6) is 0.115. The molecule has 0 bridgehead atoms. The zero-order chi connectivity index (χ0) is 13.1. The van der Waals surface area contributed by atoms with Crippen molar-refractivity contribution in [2.75, 3.05) is 25.0 Å². The number of para-hydroxylation sites is 1. The second-order valence-corrected chi connectivity index (χ2v) is 4.95. The normalized spacial score (nSPS) is 23.7. The number of anilines is 1. The van der Waals surface area contributed by atoms with Crippen LogP contribution in [0.25, 0.3) is 0 Å². The molecule has 0 radical (unpaired) electrons. The molecule has 0 spiro atoms. The van der Waals surface area contributed by atoms with E-state index >= 15 is 0 Å². The summed E-state index contributed by atoms with van der Waals surface area (Å²) in [4.78, 5) is 14.1. The van der Waals surface area contributed by atoms with Gasteiger partial charge in [0.2, 0.25) is 5.91 Å². The molecule has 1 aliphatic rings. The third kappa shape index (κ3) is 2.71. The average Bonchev–Trinajstić information content (AvgIpc) is 2.38. The fourth-order valence-electron chi connectivity index (χ4n) is 2.25. The molecule has 2 atom stereocenters. The summed E-state index contributed by atoms with van der Waals surface area (Å²) < 4.78 is 0. The number of carbonyl (C=O) groups excluding carboxylic acids is 1. The standard InChI is InChI=1S/C14H21N3O/c1-10-6-4-5-7-13(10)17(3)14(18)12-9-15-11(2)8-16-12/h4-7,11-12,15-16H,8-9H2,1-3H3. The lowest BCUT2D eigenvalue weighted by Crippen LogP contribution is -2.59. The molecule has 18 heavy (non-hydrogen) atoms. The van der Waals surface area contributed by atoms with Gasteiger partial charge in [0.1, 0.15) is 0 Å². The van der Waals surface area contributed by atoms with E-state index in [9.17, 15) is 4.79 Å². The summed E-state index contributed by atoms with van der Waals surface area (Å²) in [5.41, 5.74) is 2.09. The van der Waals surface area contributed by atoms with Crippen LogP contribution in [0.1, 0.15) is 12.5 Å². The van der Waals surface area contributed by atoms with Gasteiger partial charge in [-0.25, -0.2) is 0 Å². The Morgan fingerprint density at radius 3 is 2.61 bits per heavy atom. The lowest BCUT2D eigenvalue weighted by molar-refractivity contribution is -0.120.